The molecular formula is C20H16FN3O4. The summed E-state index contributed by atoms with van der Waals surface area (Å²) in [6, 6.07) is 16.9. The fourth-order valence-electron chi connectivity index (χ4n) is 2.40. The second kappa shape index (κ2) is 8.72. The van der Waals surface area contributed by atoms with Crippen molar-refractivity contribution in [3.8, 4) is 0 Å². The van der Waals surface area contributed by atoms with Crippen molar-refractivity contribution in [3.63, 3.8) is 0 Å². The molecule has 3 aromatic rings. The van der Waals surface area contributed by atoms with Crippen LogP contribution in [0.2, 0.25) is 0 Å². The highest BCUT2D eigenvalue weighted by molar-refractivity contribution is 5.94. The van der Waals surface area contributed by atoms with Gasteiger partial charge in [-0.15, -0.1) is 0 Å². The zero-order valence-corrected chi connectivity index (χ0v) is 14.7. The number of benzene rings is 2. The Bertz CT molecular complexity index is 1050. The third-order valence-corrected chi connectivity index (χ3v) is 3.69. The van der Waals surface area contributed by atoms with Crippen molar-refractivity contribution >= 4 is 17.6 Å². The monoisotopic (exact) mass is 381 g/mol. The van der Waals surface area contributed by atoms with Crippen molar-refractivity contribution in [2.45, 2.75) is 6.54 Å². The molecule has 7 nitrogen and oxygen atoms in total. The van der Waals surface area contributed by atoms with E-state index in [1.165, 1.54) is 30.3 Å². The van der Waals surface area contributed by atoms with Gasteiger partial charge in [-0.05, 0) is 29.8 Å². The van der Waals surface area contributed by atoms with Gasteiger partial charge in [-0.1, -0.05) is 36.4 Å². The summed E-state index contributed by atoms with van der Waals surface area (Å²) in [5.41, 5.74) is 0.617. The number of nitrogens with zero attached hydrogens (tertiary/aromatic N) is 2. The Hall–Kier alpha value is -3.81. The Morgan fingerprint density at radius 1 is 1.04 bits per heavy atom. The predicted molar refractivity (Wildman–Crippen MR) is 99.4 cm³/mol. The Kier molecular flexibility index (Phi) is 5.91. The minimum absolute atomic E-state index is 0.103. The second-order valence-corrected chi connectivity index (χ2v) is 5.83. The minimum Gasteiger partial charge on any atom is -0.451 e. The maximum absolute atomic E-state index is 13.1. The van der Waals surface area contributed by atoms with Gasteiger partial charge in [-0.3, -0.25) is 9.59 Å². The van der Waals surface area contributed by atoms with Gasteiger partial charge in [0.25, 0.3) is 11.5 Å². The van der Waals surface area contributed by atoms with Gasteiger partial charge in [0.1, 0.15) is 5.82 Å². The molecule has 0 fully saturated rings. The zero-order valence-electron chi connectivity index (χ0n) is 14.7. The van der Waals surface area contributed by atoms with E-state index < -0.39 is 24.3 Å². The lowest BCUT2D eigenvalue weighted by atomic mass is 10.2. The van der Waals surface area contributed by atoms with E-state index in [0.29, 0.717) is 0 Å². The first kappa shape index (κ1) is 19.0. The molecule has 1 heterocycles. The van der Waals surface area contributed by atoms with Gasteiger partial charge >= 0.3 is 5.97 Å². The molecule has 0 bridgehead atoms. The number of amides is 1. The number of hydrogen-bond acceptors (Lipinski definition) is 5. The molecule has 0 atom stereocenters. The molecule has 0 aliphatic carbocycles. The van der Waals surface area contributed by atoms with Crippen LogP contribution in [0.4, 0.5) is 10.1 Å². The summed E-state index contributed by atoms with van der Waals surface area (Å²) in [4.78, 5) is 35.9. The Labute approximate surface area is 159 Å². The lowest BCUT2D eigenvalue weighted by Crippen LogP contribution is -2.26. The summed E-state index contributed by atoms with van der Waals surface area (Å²) in [5, 5.41) is 6.40. The van der Waals surface area contributed by atoms with Crippen LogP contribution in [0.15, 0.2) is 71.5 Å². The van der Waals surface area contributed by atoms with Crippen molar-refractivity contribution in [1.29, 1.82) is 0 Å². The second-order valence-electron chi connectivity index (χ2n) is 5.83. The topological polar surface area (TPSA) is 90.3 Å². The molecule has 0 radical (unpaired) electrons. The first-order valence-corrected chi connectivity index (χ1v) is 8.36. The fraction of sp³-hybridized carbons (Fsp3) is 0.100. The molecule has 0 aliphatic rings. The molecule has 0 saturated heterocycles. The zero-order chi connectivity index (χ0) is 19.9. The number of ether oxygens (including phenoxy) is 1. The number of halogens is 1. The number of hydrogen-bond donors (Lipinski definition) is 1. The highest BCUT2D eigenvalue weighted by atomic mass is 19.1. The average molecular weight is 381 g/mol. The highest BCUT2D eigenvalue weighted by Gasteiger charge is 2.14. The van der Waals surface area contributed by atoms with Crippen molar-refractivity contribution < 1.29 is 18.7 Å². The quantitative estimate of drug-likeness (QED) is 0.662. The maximum Gasteiger partial charge on any atom is 0.359 e. The molecule has 0 spiro atoms. The van der Waals surface area contributed by atoms with Gasteiger partial charge < -0.3 is 10.1 Å². The number of carbonyl (C=O) groups excluding carboxylic acids is 2. The minimum atomic E-state index is -0.851. The molecule has 0 aliphatic heterocycles. The standard InChI is InChI=1S/C20H16FN3O4/c21-15-7-4-8-16(11-15)22-18(25)13-28-20(27)17-9-10-19(26)24(23-17)12-14-5-2-1-3-6-14/h1-11H,12-13H2,(H,22,25). The summed E-state index contributed by atoms with van der Waals surface area (Å²) < 4.78 is 19.2. The Morgan fingerprint density at radius 3 is 2.57 bits per heavy atom. The highest BCUT2D eigenvalue weighted by Crippen LogP contribution is 2.09. The maximum atomic E-state index is 13.1. The number of rotatable bonds is 6. The molecule has 0 unspecified atom stereocenters. The van der Waals surface area contributed by atoms with Gasteiger partial charge in [-0.2, -0.15) is 5.10 Å². The molecule has 1 aromatic heterocycles. The van der Waals surface area contributed by atoms with Crippen LogP contribution in [0.25, 0.3) is 0 Å². The SMILES string of the molecule is O=C(COC(=O)c1ccc(=O)n(Cc2ccccc2)n1)Nc1cccc(F)c1. The van der Waals surface area contributed by atoms with E-state index in [1.54, 1.807) is 0 Å². The molecule has 0 saturated carbocycles. The van der Waals surface area contributed by atoms with Crippen molar-refractivity contribution in [3.05, 3.63) is 94.2 Å². The third kappa shape index (κ3) is 5.10. The molecular weight excluding hydrogens is 365 g/mol. The van der Waals surface area contributed by atoms with Crippen LogP contribution in [0, 0.1) is 5.82 Å². The van der Waals surface area contributed by atoms with Crippen LogP contribution in [0.3, 0.4) is 0 Å². The molecule has 1 N–H and O–H groups in total. The smallest absolute Gasteiger partial charge is 0.359 e. The number of esters is 1. The molecule has 1 amide bonds. The molecule has 2 aromatic carbocycles. The summed E-state index contributed by atoms with van der Waals surface area (Å²) in [7, 11) is 0. The van der Waals surface area contributed by atoms with E-state index in [2.05, 4.69) is 10.4 Å². The third-order valence-electron chi connectivity index (χ3n) is 3.69. The Morgan fingerprint density at radius 2 is 1.82 bits per heavy atom. The summed E-state index contributed by atoms with van der Waals surface area (Å²) in [6.07, 6.45) is 0. The van der Waals surface area contributed by atoms with Gasteiger partial charge in [0, 0.05) is 11.8 Å². The number of nitrogens with one attached hydrogen (secondary N) is 1. The van der Waals surface area contributed by atoms with Crippen LogP contribution in [0.1, 0.15) is 16.1 Å². The van der Waals surface area contributed by atoms with Crippen molar-refractivity contribution in [2.75, 3.05) is 11.9 Å². The van der Waals surface area contributed by atoms with E-state index in [4.69, 9.17) is 4.74 Å². The lowest BCUT2D eigenvalue weighted by Gasteiger charge is -2.08. The van der Waals surface area contributed by atoms with Crippen molar-refractivity contribution in [2.24, 2.45) is 0 Å². The first-order valence-electron chi connectivity index (χ1n) is 8.36. The number of anilines is 1. The van der Waals surface area contributed by atoms with Crippen LogP contribution in [-0.2, 0) is 16.1 Å². The summed E-state index contributed by atoms with van der Waals surface area (Å²) in [5.74, 6) is -1.98. The largest absolute Gasteiger partial charge is 0.451 e. The van der Waals surface area contributed by atoms with E-state index in [-0.39, 0.29) is 23.5 Å². The molecule has 3 rings (SSSR count). The molecule has 28 heavy (non-hydrogen) atoms. The van der Waals surface area contributed by atoms with Crippen molar-refractivity contribution in [1.82, 2.24) is 9.78 Å². The van der Waals surface area contributed by atoms with E-state index in [9.17, 15) is 18.8 Å². The molecule has 142 valence electrons. The Balaban J connectivity index is 1.62. The van der Waals surface area contributed by atoms with Crippen LogP contribution >= 0.6 is 0 Å². The van der Waals surface area contributed by atoms with Crippen LogP contribution < -0.4 is 10.9 Å². The van der Waals surface area contributed by atoms with E-state index >= 15 is 0 Å². The number of carbonyl (C=O) groups is 2. The first-order chi connectivity index (χ1) is 13.5. The van der Waals surface area contributed by atoms with Crippen LogP contribution in [0.5, 0.6) is 0 Å². The van der Waals surface area contributed by atoms with Gasteiger partial charge in [0.2, 0.25) is 0 Å². The normalized spacial score (nSPS) is 10.3. The molecule has 8 heteroatoms. The average Bonchev–Trinajstić information content (AvgIpc) is 2.68. The van der Waals surface area contributed by atoms with E-state index in [0.717, 1.165) is 16.3 Å². The summed E-state index contributed by atoms with van der Waals surface area (Å²) in [6.45, 7) is -0.379. The van der Waals surface area contributed by atoms with Crippen LogP contribution in [-0.4, -0.2) is 28.3 Å². The predicted octanol–water partition coefficient (Wildman–Crippen LogP) is 2.23. The van der Waals surface area contributed by atoms with E-state index in [1.807, 2.05) is 30.3 Å². The van der Waals surface area contributed by atoms with Gasteiger partial charge in [0.05, 0.1) is 6.54 Å². The fourth-order valence-corrected chi connectivity index (χ4v) is 2.40. The van der Waals surface area contributed by atoms with Gasteiger partial charge in [0.15, 0.2) is 12.3 Å². The number of aromatic nitrogens is 2. The van der Waals surface area contributed by atoms with Gasteiger partial charge in [-0.25, -0.2) is 13.9 Å². The summed E-state index contributed by atoms with van der Waals surface area (Å²) >= 11 is 0. The lowest BCUT2D eigenvalue weighted by molar-refractivity contribution is -0.119.